The highest BCUT2D eigenvalue weighted by Gasteiger charge is 2.33. The third-order valence-electron chi connectivity index (χ3n) is 3.05. The number of aliphatic carboxylic acids is 1. The second-order valence-electron chi connectivity index (χ2n) is 4.26. The topological polar surface area (TPSA) is 95.7 Å². The first-order valence-electron chi connectivity index (χ1n) is 5.75. The lowest BCUT2D eigenvalue weighted by Crippen LogP contribution is -2.55. The average molecular weight is 320 g/mol. The van der Waals surface area contributed by atoms with Crippen LogP contribution in [0.3, 0.4) is 0 Å². The monoisotopic (exact) mass is 319 g/mol. The minimum absolute atomic E-state index is 0.0594. The number of hydrogen-bond acceptors (Lipinski definition) is 5. The number of piperazine rings is 1. The van der Waals surface area contributed by atoms with Crippen LogP contribution in [-0.2, 0) is 4.79 Å². The van der Waals surface area contributed by atoms with Crippen molar-refractivity contribution in [3.8, 4) is 0 Å². The molecule has 1 aromatic rings. The van der Waals surface area contributed by atoms with Gasteiger partial charge >= 0.3 is 5.97 Å². The van der Waals surface area contributed by atoms with Crippen molar-refractivity contribution in [1.29, 1.82) is 0 Å². The first-order valence-corrected chi connectivity index (χ1v) is 6.51. The van der Waals surface area contributed by atoms with E-state index in [4.69, 9.17) is 23.2 Å². The van der Waals surface area contributed by atoms with Crippen LogP contribution in [0.2, 0.25) is 10.0 Å². The summed E-state index contributed by atoms with van der Waals surface area (Å²) in [5.74, 6) is -1.06. The van der Waals surface area contributed by atoms with Crippen molar-refractivity contribution in [2.45, 2.75) is 6.04 Å². The van der Waals surface area contributed by atoms with Crippen LogP contribution in [0.1, 0.15) is 0 Å². The number of benzene rings is 1. The van der Waals surface area contributed by atoms with Gasteiger partial charge in [0.25, 0.3) is 5.69 Å². The Hall–Kier alpha value is -1.57. The lowest BCUT2D eigenvalue weighted by atomic mass is 10.1. The molecule has 1 atom stereocenters. The van der Waals surface area contributed by atoms with Gasteiger partial charge in [0.1, 0.15) is 11.7 Å². The molecule has 2 rings (SSSR count). The first-order chi connectivity index (χ1) is 9.41. The summed E-state index contributed by atoms with van der Waals surface area (Å²) in [5.41, 5.74) is -0.0918. The maximum Gasteiger partial charge on any atom is 0.327 e. The molecule has 1 fully saturated rings. The predicted octanol–water partition coefficient (Wildman–Crippen LogP) is 1.76. The number of carboxylic acids is 1. The lowest BCUT2D eigenvalue weighted by molar-refractivity contribution is -0.384. The van der Waals surface area contributed by atoms with Crippen LogP contribution < -0.4 is 10.2 Å². The SMILES string of the molecule is O=C(O)C1CNCCN1c1cc(Cl)c(Cl)cc1[N+](=O)[O-]. The number of anilines is 1. The molecule has 1 aliphatic heterocycles. The molecule has 0 saturated carbocycles. The number of nitrogens with one attached hydrogen (secondary N) is 1. The third kappa shape index (κ3) is 2.79. The van der Waals surface area contributed by atoms with Crippen LogP contribution in [0, 0.1) is 10.1 Å². The second kappa shape index (κ2) is 5.82. The molecular weight excluding hydrogens is 309 g/mol. The van der Waals surface area contributed by atoms with E-state index in [9.17, 15) is 20.0 Å². The summed E-state index contributed by atoms with van der Waals surface area (Å²) in [7, 11) is 0. The van der Waals surface area contributed by atoms with E-state index in [1.807, 2.05) is 0 Å². The van der Waals surface area contributed by atoms with E-state index in [-0.39, 0.29) is 28.0 Å². The summed E-state index contributed by atoms with van der Waals surface area (Å²) >= 11 is 11.7. The summed E-state index contributed by atoms with van der Waals surface area (Å²) < 4.78 is 0. The summed E-state index contributed by atoms with van der Waals surface area (Å²) in [6, 6.07) is 1.59. The zero-order valence-electron chi connectivity index (χ0n) is 10.2. The molecule has 0 spiro atoms. The Morgan fingerprint density at radius 2 is 2.10 bits per heavy atom. The van der Waals surface area contributed by atoms with Gasteiger partial charge in [-0.2, -0.15) is 0 Å². The molecule has 1 aliphatic rings. The molecule has 20 heavy (non-hydrogen) atoms. The Labute approximate surface area is 124 Å². The molecule has 0 aromatic heterocycles. The minimum Gasteiger partial charge on any atom is -0.480 e. The fourth-order valence-electron chi connectivity index (χ4n) is 2.12. The number of nitrogens with zero attached hydrogens (tertiary/aromatic N) is 2. The van der Waals surface area contributed by atoms with E-state index in [1.54, 1.807) is 0 Å². The van der Waals surface area contributed by atoms with Crippen molar-refractivity contribution < 1.29 is 14.8 Å². The molecule has 1 heterocycles. The van der Waals surface area contributed by atoms with Crippen molar-refractivity contribution >= 4 is 40.5 Å². The number of hydrogen-bond donors (Lipinski definition) is 2. The highest BCUT2D eigenvalue weighted by molar-refractivity contribution is 6.42. The fraction of sp³-hybridized carbons (Fsp3) is 0.364. The standard InChI is InChI=1S/C11H11Cl2N3O4/c12-6-3-8(9(16(19)20)4-7(6)13)15-2-1-14-5-10(15)11(17)18/h3-4,10,14H,1-2,5H2,(H,17,18). The van der Waals surface area contributed by atoms with Gasteiger partial charge < -0.3 is 15.3 Å². The molecule has 0 aliphatic carbocycles. The molecule has 0 bridgehead atoms. The molecule has 2 N–H and O–H groups in total. The zero-order valence-corrected chi connectivity index (χ0v) is 11.7. The number of rotatable bonds is 3. The van der Waals surface area contributed by atoms with E-state index < -0.39 is 16.9 Å². The van der Waals surface area contributed by atoms with Crippen molar-refractivity contribution in [2.75, 3.05) is 24.5 Å². The van der Waals surface area contributed by atoms with Crippen molar-refractivity contribution in [2.24, 2.45) is 0 Å². The summed E-state index contributed by atoms with van der Waals surface area (Å²) in [6.45, 7) is 1.06. The molecular formula is C11H11Cl2N3O4. The van der Waals surface area contributed by atoms with Gasteiger partial charge in [0.2, 0.25) is 0 Å². The number of nitro benzene ring substituents is 1. The maximum atomic E-state index is 11.3. The van der Waals surface area contributed by atoms with Crippen molar-refractivity contribution in [1.82, 2.24) is 5.32 Å². The van der Waals surface area contributed by atoms with Gasteiger partial charge in [-0.05, 0) is 6.07 Å². The largest absolute Gasteiger partial charge is 0.480 e. The fourth-order valence-corrected chi connectivity index (χ4v) is 2.43. The quantitative estimate of drug-likeness (QED) is 0.651. The average Bonchev–Trinajstić information content (AvgIpc) is 2.41. The van der Waals surface area contributed by atoms with Crippen molar-refractivity contribution in [3.63, 3.8) is 0 Å². The van der Waals surface area contributed by atoms with E-state index in [0.29, 0.717) is 13.1 Å². The number of nitro groups is 1. The van der Waals surface area contributed by atoms with Gasteiger partial charge in [0, 0.05) is 25.7 Å². The molecule has 0 amide bonds. The first kappa shape index (κ1) is 14.8. The van der Waals surface area contributed by atoms with Crippen LogP contribution >= 0.6 is 23.2 Å². The summed E-state index contributed by atoms with van der Waals surface area (Å²) in [5, 5.41) is 23.5. The van der Waals surface area contributed by atoms with E-state index in [1.165, 1.54) is 11.0 Å². The summed E-state index contributed by atoms with van der Waals surface area (Å²) in [4.78, 5) is 23.2. The molecule has 1 unspecified atom stereocenters. The van der Waals surface area contributed by atoms with E-state index in [0.717, 1.165) is 6.07 Å². The number of carboxylic acid groups (broad SMARTS) is 1. The Balaban J connectivity index is 2.51. The van der Waals surface area contributed by atoms with Gasteiger partial charge in [-0.15, -0.1) is 0 Å². The molecule has 1 saturated heterocycles. The maximum absolute atomic E-state index is 11.3. The van der Waals surface area contributed by atoms with Crippen molar-refractivity contribution in [3.05, 3.63) is 32.3 Å². The minimum atomic E-state index is -1.06. The third-order valence-corrected chi connectivity index (χ3v) is 3.77. The van der Waals surface area contributed by atoms with Gasteiger partial charge in [-0.25, -0.2) is 4.79 Å². The highest BCUT2D eigenvalue weighted by atomic mass is 35.5. The van der Waals surface area contributed by atoms with Crippen LogP contribution in [0.4, 0.5) is 11.4 Å². The molecule has 0 radical (unpaired) electrons. The summed E-state index contributed by atoms with van der Waals surface area (Å²) in [6.07, 6.45) is 0. The van der Waals surface area contributed by atoms with Crippen LogP contribution in [0.5, 0.6) is 0 Å². The second-order valence-corrected chi connectivity index (χ2v) is 5.08. The van der Waals surface area contributed by atoms with E-state index in [2.05, 4.69) is 5.32 Å². The Morgan fingerprint density at radius 1 is 1.45 bits per heavy atom. The lowest BCUT2D eigenvalue weighted by Gasteiger charge is -2.35. The molecule has 1 aromatic carbocycles. The highest BCUT2D eigenvalue weighted by Crippen LogP contribution is 2.37. The Morgan fingerprint density at radius 3 is 2.70 bits per heavy atom. The Bertz CT molecular complexity index is 567. The van der Waals surface area contributed by atoms with Crippen LogP contribution in [0.25, 0.3) is 0 Å². The van der Waals surface area contributed by atoms with E-state index >= 15 is 0 Å². The number of halogens is 2. The normalized spacial score (nSPS) is 18.9. The number of carbonyl (C=O) groups is 1. The van der Waals surface area contributed by atoms with Gasteiger partial charge in [-0.3, -0.25) is 10.1 Å². The van der Waals surface area contributed by atoms with Crippen LogP contribution in [0.15, 0.2) is 12.1 Å². The predicted molar refractivity (Wildman–Crippen MR) is 74.8 cm³/mol. The van der Waals surface area contributed by atoms with Gasteiger partial charge in [-0.1, -0.05) is 23.2 Å². The molecule has 108 valence electrons. The molecule has 9 heteroatoms. The molecule has 7 nitrogen and oxygen atoms in total. The zero-order chi connectivity index (χ0) is 14.9. The smallest absolute Gasteiger partial charge is 0.327 e. The van der Waals surface area contributed by atoms with Crippen LogP contribution in [-0.4, -0.2) is 41.7 Å². The van der Waals surface area contributed by atoms with Gasteiger partial charge in [0.15, 0.2) is 0 Å². The Kier molecular flexibility index (Phi) is 4.32. The van der Waals surface area contributed by atoms with Gasteiger partial charge in [0.05, 0.1) is 15.0 Å².